The zero-order valence-corrected chi connectivity index (χ0v) is 30.4. The van der Waals surface area contributed by atoms with Crippen LogP contribution in [0.2, 0.25) is 0 Å². The van der Waals surface area contributed by atoms with Crippen molar-refractivity contribution in [2.45, 2.75) is 91.0 Å². The molecule has 1 amide bonds. The van der Waals surface area contributed by atoms with Gasteiger partial charge in [-0.05, 0) is 112 Å². The normalized spacial score (nSPS) is 21.3. The summed E-state index contributed by atoms with van der Waals surface area (Å²) in [6.45, 7) is 11.3. The molecule has 5 aromatic rings. The molecule has 1 fully saturated rings. The van der Waals surface area contributed by atoms with E-state index in [0.29, 0.717) is 24.1 Å². The third kappa shape index (κ3) is 6.78. The van der Waals surface area contributed by atoms with Crippen LogP contribution in [0.25, 0.3) is 33.5 Å². The molecule has 2 aliphatic carbocycles. The van der Waals surface area contributed by atoms with Gasteiger partial charge in [0.15, 0.2) is 6.61 Å². The number of aromatic amines is 1. The number of H-pyrrole nitrogens is 1. The highest BCUT2D eigenvalue weighted by molar-refractivity contribution is 5.89. The van der Waals surface area contributed by atoms with Crippen molar-refractivity contribution in [3.05, 3.63) is 107 Å². The van der Waals surface area contributed by atoms with Crippen LogP contribution in [0, 0.1) is 11.3 Å². The molecule has 7 rings (SSSR count). The lowest BCUT2D eigenvalue weighted by atomic mass is 9.48. The van der Waals surface area contributed by atoms with Gasteiger partial charge >= 0.3 is 5.97 Å². The van der Waals surface area contributed by atoms with E-state index in [2.05, 4.69) is 92.6 Å². The van der Waals surface area contributed by atoms with Crippen molar-refractivity contribution in [3.8, 4) is 28.3 Å². The number of nitrogens with zero attached hydrogens (tertiary/aromatic N) is 1. The van der Waals surface area contributed by atoms with Crippen LogP contribution in [-0.4, -0.2) is 33.6 Å². The first-order valence-corrected chi connectivity index (χ1v) is 18.4. The Morgan fingerprint density at radius 3 is 2.55 bits per heavy atom. The maximum absolute atomic E-state index is 11.6. The Hall–Kier alpha value is -4.91. The zero-order valence-electron chi connectivity index (χ0n) is 30.4. The fourth-order valence-corrected chi connectivity index (χ4v) is 9.24. The minimum absolute atomic E-state index is 0.0430. The smallest absolute Gasteiger partial charge is 0.341 e. The van der Waals surface area contributed by atoms with E-state index in [1.54, 1.807) is 11.6 Å². The van der Waals surface area contributed by atoms with Gasteiger partial charge in [-0.1, -0.05) is 94.8 Å². The summed E-state index contributed by atoms with van der Waals surface area (Å²) >= 11 is 0. The maximum atomic E-state index is 11.6. The van der Waals surface area contributed by atoms with E-state index in [4.69, 9.17) is 14.8 Å². The Balaban J connectivity index is 1.31. The summed E-state index contributed by atoms with van der Waals surface area (Å²) in [6, 6.07) is 27.6. The van der Waals surface area contributed by atoms with Crippen LogP contribution in [0.1, 0.15) is 94.0 Å². The lowest BCUT2D eigenvalue weighted by Crippen LogP contribution is -2.50. The Morgan fingerprint density at radius 2 is 1.80 bits per heavy atom. The molecule has 2 aliphatic rings. The molecule has 4 aromatic carbocycles. The van der Waals surface area contributed by atoms with Gasteiger partial charge in [0.2, 0.25) is 5.91 Å². The van der Waals surface area contributed by atoms with E-state index in [0.717, 1.165) is 46.4 Å². The van der Waals surface area contributed by atoms with Crippen LogP contribution in [0.3, 0.4) is 0 Å². The van der Waals surface area contributed by atoms with Crippen molar-refractivity contribution in [1.29, 1.82) is 0 Å². The predicted octanol–water partition coefficient (Wildman–Crippen LogP) is 9.37. The van der Waals surface area contributed by atoms with Gasteiger partial charge in [-0.3, -0.25) is 4.79 Å². The molecule has 1 heterocycles. The highest BCUT2D eigenvalue weighted by Crippen LogP contribution is 2.59. The lowest BCUT2D eigenvalue weighted by molar-refractivity contribution is -0.139. The highest BCUT2D eigenvalue weighted by Gasteiger charge is 2.52. The Labute approximate surface area is 300 Å². The predicted molar refractivity (Wildman–Crippen MR) is 203 cm³/mol. The van der Waals surface area contributed by atoms with Crippen LogP contribution in [0.4, 0.5) is 0 Å². The van der Waals surface area contributed by atoms with Crippen molar-refractivity contribution < 1.29 is 19.4 Å². The second-order valence-electron chi connectivity index (χ2n) is 15.7. The van der Waals surface area contributed by atoms with Gasteiger partial charge in [0.25, 0.3) is 0 Å². The average Bonchev–Trinajstić information content (AvgIpc) is 3.55. The van der Waals surface area contributed by atoms with Gasteiger partial charge in [0, 0.05) is 19.0 Å². The van der Waals surface area contributed by atoms with Crippen molar-refractivity contribution in [2.75, 3.05) is 6.61 Å². The molecular weight excluding hydrogens is 635 g/mol. The first-order valence-electron chi connectivity index (χ1n) is 18.4. The summed E-state index contributed by atoms with van der Waals surface area (Å²) in [5.74, 6) is 1.20. The third-order valence-electron chi connectivity index (χ3n) is 11.8. The van der Waals surface area contributed by atoms with Crippen LogP contribution in [0.5, 0.6) is 5.75 Å². The average molecular weight is 684 g/mol. The number of carbonyl (C=O) groups excluding carboxylic acids is 1. The van der Waals surface area contributed by atoms with Gasteiger partial charge in [0.1, 0.15) is 11.6 Å². The summed E-state index contributed by atoms with van der Waals surface area (Å²) in [6.07, 6.45) is 6.76. The number of fused-ring (bicyclic) bond motifs is 4. The fourth-order valence-electron chi connectivity index (χ4n) is 9.24. The quantitative estimate of drug-likeness (QED) is 0.136. The molecule has 0 aliphatic heterocycles. The minimum Gasteiger partial charge on any atom is -0.482 e. The molecule has 0 unspecified atom stereocenters. The molecular formula is C44H49N3O4. The van der Waals surface area contributed by atoms with Gasteiger partial charge < -0.3 is 20.1 Å². The van der Waals surface area contributed by atoms with Crippen molar-refractivity contribution in [3.63, 3.8) is 0 Å². The number of aryl methyl sites for hydroxylation is 1. The van der Waals surface area contributed by atoms with E-state index in [-0.39, 0.29) is 16.7 Å². The Morgan fingerprint density at radius 1 is 1.00 bits per heavy atom. The van der Waals surface area contributed by atoms with Crippen molar-refractivity contribution in [1.82, 2.24) is 15.3 Å². The number of aromatic nitrogens is 2. The number of rotatable bonds is 10. The molecule has 7 nitrogen and oxygen atoms in total. The topological polar surface area (TPSA) is 104 Å². The molecule has 0 saturated heterocycles. The standard InChI is InChI=1S/C44H49N3O4/c1-27(2)31-14-17-37-32(22-31)15-19-39-43(4,20-7-21-44(37,39)5)24-36-35(30-12-10-29(11-13-30)25-45-28(3)48)16-18-38-41(36)47-42(46-38)33-8-6-9-34(23-33)51-26-40(49)50/h6,8-14,16-18,22-23,27,39H,7,15,19-21,24-26H2,1-5H3,(H,45,48)(H,46,47)(H,49,50)/t39-,43+,44+/m0/s1. The molecule has 3 N–H and O–H groups in total. The number of benzene rings is 4. The first kappa shape index (κ1) is 34.5. The molecule has 3 atom stereocenters. The summed E-state index contributed by atoms with van der Waals surface area (Å²) in [5, 5.41) is 12.0. The number of imidazole rings is 1. The van der Waals surface area contributed by atoms with Gasteiger partial charge in [-0.15, -0.1) is 0 Å². The zero-order chi connectivity index (χ0) is 35.9. The number of carboxylic acid groups (broad SMARTS) is 1. The van der Waals surface area contributed by atoms with Crippen molar-refractivity contribution >= 4 is 22.9 Å². The third-order valence-corrected chi connectivity index (χ3v) is 11.8. The molecule has 7 heteroatoms. The second kappa shape index (κ2) is 13.7. The second-order valence-corrected chi connectivity index (χ2v) is 15.7. The number of hydrogen-bond donors (Lipinski definition) is 3. The molecule has 0 spiro atoms. The SMILES string of the molecule is CC(=O)NCc1ccc(-c2ccc3[nH]c(-c4cccc(OCC(=O)O)c4)nc3c2C[C@@]2(C)CCC[C@]3(C)c4ccc(C(C)C)cc4CC[C@@H]23)cc1. The number of ether oxygens (including phenoxy) is 1. The van der Waals surface area contributed by atoms with Gasteiger partial charge in [0.05, 0.1) is 11.0 Å². The molecule has 51 heavy (non-hydrogen) atoms. The molecule has 0 bridgehead atoms. The Bertz CT molecular complexity index is 2100. The van der Waals surface area contributed by atoms with E-state index in [1.165, 1.54) is 54.9 Å². The number of carbonyl (C=O) groups is 2. The number of hydrogen-bond acceptors (Lipinski definition) is 4. The lowest BCUT2D eigenvalue weighted by Gasteiger charge is -2.56. The van der Waals surface area contributed by atoms with Gasteiger partial charge in [-0.25, -0.2) is 9.78 Å². The van der Waals surface area contributed by atoms with Crippen molar-refractivity contribution in [2.24, 2.45) is 11.3 Å². The van der Waals surface area contributed by atoms with Crippen LogP contribution in [-0.2, 0) is 34.4 Å². The number of nitrogens with one attached hydrogen (secondary N) is 2. The number of aliphatic carboxylic acids is 1. The van der Waals surface area contributed by atoms with E-state index in [1.807, 2.05) is 18.2 Å². The summed E-state index contributed by atoms with van der Waals surface area (Å²) in [5.41, 5.74) is 12.1. The number of carboxylic acids is 1. The molecule has 264 valence electrons. The maximum Gasteiger partial charge on any atom is 0.341 e. The van der Waals surface area contributed by atoms with E-state index < -0.39 is 12.6 Å². The monoisotopic (exact) mass is 683 g/mol. The largest absolute Gasteiger partial charge is 0.482 e. The van der Waals surface area contributed by atoms with Crippen LogP contribution >= 0.6 is 0 Å². The summed E-state index contributed by atoms with van der Waals surface area (Å²) < 4.78 is 5.50. The number of amides is 1. The summed E-state index contributed by atoms with van der Waals surface area (Å²) in [7, 11) is 0. The Kier molecular flexibility index (Phi) is 9.25. The van der Waals surface area contributed by atoms with E-state index in [9.17, 15) is 9.59 Å². The van der Waals surface area contributed by atoms with Crippen LogP contribution < -0.4 is 10.1 Å². The van der Waals surface area contributed by atoms with Gasteiger partial charge in [-0.2, -0.15) is 0 Å². The highest BCUT2D eigenvalue weighted by atomic mass is 16.5. The molecule has 0 radical (unpaired) electrons. The fraction of sp³-hybridized carbons (Fsp3) is 0.386. The molecule has 1 aromatic heterocycles. The summed E-state index contributed by atoms with van der Waals surface area (Å²) in [4.78, 5) is 31.6. The van der Waals surface area contributed by atoms with E-state index >= 15 is 0 Å². The molecule has 1 saturated carbocycles. The first-order chi connectivity index (χ1) is 24.4. The minimum atomic E-state index is -1.02. The van der Waals surface area contributed by atoms with Crippen LogP contribution in [0.15, 0.2) is 78.9 Å².